The monoisotopic (exact) mass is 353 g/mol. The number of nitrogens with one attached hydrogen (secondary N) is 1. The lowest BCUT2D eigenvalue weighted by Crippen LogP contribution is -2.38. The highest BCUT2D eigenvalue weighted by Gasteiger charge is 2.24. The van der Waals surface area contributed by atoms with Gasteiger partial charge < -0.3 is 9.88 Å². The van der Waals surface area contributed by atoms with E-state index >= 15 is 0 Å². The molecule has 1 N–H and O–H groups in total. The number of aryl methyl sites for hydroxylation is 2. The predicted octanol–water partition coefficient (Wildman–Crippen LogP) is 0.237. The molecule has 2 aromatic heterocycles. The maximum Gasteiger partial charge on any atom is 0.332 e. The minimum absolute atomic E-state index is 0.0133. The molecule has 0 fully saturated rings. The van der Waals surface area contributed by atoms with E-state index in [1.54, 1.807) is 7.05 Å². The molecule has 3 aromatic rings. The molecular formula is C18H19N5O3. The Kier molecular flexibility index (Phi) is 3.75. The number of aromatic nitrogens is 4. The van der Waals surface area contributed by atoms with Crippen LogP contribution in [0.2, 0.25) is 0 Å². The van der Waals surface area contributed by atoms with Crippen LogP contribution >= 0.6 is 0 Å². The van der Waals surface area contributed by atoms with Gasteiger partial charge in [-0.05, 0) is 24.0 Å². The highest BCUT2D eigenvalue weighted by Crippen LogP contribution is 2.30. The van der Waals surface area contributed by atoms with Crippen LogP contribution in [0, 0.1) is 0 Å². The van der Waals surface area contributed by atoms with E-state index in [0.717, 1.165) is 23.0 Å². The van der Waals surface area contributed by atoms with Crippen LogP contribution < -0.4 is 16.6 Å². The van der Waals surface area contributed by atoms with Gasteiger partial charge in [0.15, 0.2) is 11.2 Å². The van der Waals surface area contributed by atoms with E-state index in [2.05, 4.69) is 16.4 Å². The Balaban J connectivity index is 1.62. The zero-order valence-electron chi connectivity index (χ0n) is 14.6. The molecule has 1 amide bonds. The number of hydrogen-bond acceptors (Lipinski definition) is 4. The van der Waals surface area contributed by atoms with E-state index in [9.17, 15) is 14.4 Å². The van der Waals surface area contributed by atoms with Crippen molar-refractivity contribution in [3.63, 3.8) is 0 Å². The number of nitrogens with zero attached hydrogens (tertiary/aromatic N) is 4. The summed E-state index contributed by atoms with van der Waals surface area (Å²) < 4.78 is 3.82. The van der Waals surface area contributed by atoms with E-state index in [-0.39, 0.29) is 29.7 Å². The molecule has 0 bridgehead atoms. The fourth-order valence-electron chi connectivity index (χ4n) is 3.62. The lowest BCUT2D eigenvalue weighted by atomic mass is 10.1. The molecular weight excluding hydrogens is 334 g/mol. The highest BCUT2D eigenvalue weighted by molar-refractivity contribution is 5.79. The molecule has 1 atom stereocenters. The fraction of sp³-hybridized carbons (Fsp3) is 0.333. The van der Waals surface area contributed by atoms with E-state index < -0.39 is 11.2 Å². The van der Waals surface area contributed by atoms with Crippen LogP contribution in [0.1, 0.15) is 23.6 Å². The highest BCUT2D eigenvalue weighted by atomic mass is 16.2. The Bertz CT molecular complexity index is 1140. The third-order valence-corrected chi connectivity index (χ3v) is 5.00. The number of hydrogen-bond donors (Lipinski definition) is 1. The van der Waals surface area contributed by atoms with Crippen molar-refractivity contribution in [2.24, 2.45) is 14.1 Å². The number of carbonyl (C=O) groups is 1. The van der Waals surface area contributed by atoms with Crippen LogP contribution in [0.3, 0.4) is 0 Å². The molecule has 0 radical (unpaired) electrons. The van der Waals surface area contributed by atoms with Crippen molar-refractivity contribution < 1.29 is 4.79 Å². The molecule has 1 unspecified atom stereocenters. The largest absolute Gasteiger partial charge is 0.348 e. The SMILES string of the molecule is Cn1c(=O)c2c(ncn2CC(=O)NC2CCc3ccccc32)n(C)c1=O. The molecule has 134 valence electrons. The first-order valence-corrected chi connectivity index (χ1v) is 8.45. The zero-order chi connectivity index (χ0) is 18.4. The van der Waals surface area contributed by atoms with E-state index in [4.69, 9.17) is 0 Å². The predicted molar refractivity (Wildman–Crippen MR) is 95.9 cm³/mol. The summed E-state index contributed by atoms with van der Waals surface area (Å²) in [5.41, 5.74) is 2.03. The molecule has 0 saturated heterocycles. The van der Waals surface area contributed by atoms with Crippen molar-refractivity contribution in [1.82, 2.24) is 24.0 Å². The second-order valence-corrected chi connectivity index (χ2v) is 6.61. The average Bonchev–Trinajstić information content (AvgIpc) is 3.23. The minimum Gasteiger partial charge on any atom is -0.348 e. The van der Waals surface area contributed by atoms with Gasteiger partial charge in [-0.2, -0.15) is 0 Å². The van der Waals surface area contributed by atoms with Crippen molar-refractivity contribution in [3.8, 4) is 0 Å². The van der Waals surface area contributed by atoms with Gasteiger partial charge in [0.2, 0.25) is 5.91 Å². The Morgan fingerprint density at radius 3 is 2.81 bits per heavy atom. The maximum atomic E-state index is 12.5. The van der Waals surface area contributed by atoms with Crippen molar-refractivity contribution in [3.05, 3.63) is 62.6 Å². The van der Waals surface area contributed by atoms with E-state index in [0.29, 0.717) is 0 Å². The van der Waals surface area contributed by atoms with Crippen LogP contribution in [-0.4, -0.2) is 24.6 Å². The van der Waals surface area contributed by atoms with Crippen LogP contribution in [0.15, 0.2) is 40.2 Å². The maximum absolute atomic E-state index is 12.5. The number of carbonyl (C=O) groups excluding carboxylic acids is 1. The van der Waals surface area contributed by atoms with Gasteiger partial charge in [0.25, 0.3) is 5.56 Å². The summed E-state index contributed by atoms with van der Waals surface area (Å²) >= 11 is 0. The number of imidazole rings is 1. The number of fused-ring (bicyclic) bond motifs is 2. The van der Waals surface area contributed by atoms with Crippen molar-refractivity contribution >= 4 is 17.1 Å². The number of rotatable bonds is 3. The van der Waals surface area contributed by atoms with Gasteiger partial charge in [0.1, 0.15) is 6.54 Å². The smallest absolute Gasteiger partial charge is 0.332 e. The van der Waals surface area contributed by atoms with Crippen LogP contribution in [0.5, 0.6) is 0 Å². The van der Waals surface area contributed by atoms with Crippen molar-refractivity contribution in [1.29, 1.82) is 0 Å². The second kappa shape index (κ2) is 5.98. The molecule has 26 heavy (non-hydrogen) atoms. The molecule has 0 spiro atoms. The summed E-state index contributed by atoms with van der Waals surface area (Å²) in [7, 11) is 2.97. The van der Waals surface area contributed by atoms with Gasteiger partial charge in [-0.1, -0.05) is 24.3 Å². The molecule has 8 nitrogen and oxygen atoms in total. The molecule has 1 aliphatic carbocycles. The van der Waals surface area contributed by atoms with Gasteiger partial charge in [0.05, 0.1) is 12.4 Å². The Labute approximate surface area is 148 Å². The van der Waals surface area contributed by atoms with Gasteiger partial charge in [-0.15, -0.1) is 0 Å². The first kappa shape index (κ1) is 16.3. The fourth-order valence-corrected chi connectivity index (χ4v) is 3.62. The first-order valence-electron chi connectivity index (χ1n) is 8.45. The third kappa shape index (κ3) is 2.45. The standard InChI is InChI=1S/C18H19N5O3/c1-21-16-15(17(25)22(2)18(21)26)23(10-19-16)9-14(24)20-13-8-7-11-5-3-4-6-12(11)13/h3-6,10,13H,7-9H2,1-2H3,(H,20,24). The van der Waals surface area contributed by atoms with Gasteiger partial charge >= 0.3 is 5.69 Å². The molecule has 2 heterocycles. The molecule has 1 aromatic carbocycles. The Morgan fingerprint density at radius 2 is 2.00 bits per heavy atom. The van der Waals surface area contributed by atoms with Gasteiger partial charge in [-0.25, -0.2) is 9.78 Å². The van der Waals surface area contributed by atoms with Gasteiger partial charge in [0, 0.05) is 14.1 Å². The first-order chi connectivity index (χ1) is 12.5. The summed E-state index contributed by atoms with van der Waals surface area (Å²) in [6, 6.07) is 8.07. The summed E-state index contributed by atoms with van der Waals surface area (Å²) in [5.74, 6) is -0.193. The second-order valence-electron chi connectivity index (χ2n) is 6.61. The summed E-state index contributed by atoms with van der Waals surface area (Å²) in [6.45, 7) is -0.0252. The minimum atomic E-state index is -0.459. The van der Waals surface area contributed by atoms with Crippen LogP contribution in [0.25, 0.3) is 11.2 Å². The topological polar surface area (TPSA) is 90.9 Å². The zero-order valence-corrected chi connectivity index (χ0v) is 14.6. The summed E-state index contributed by atoms with van der Waals surface area (Å²) in [6.07, 6.45) is 3.23. The van der Waals surface area contributed by atoms with E-state index in [1.165, 1.54) is 28.1 Å². The molecule has 1 aliphatic rings. The van der Waals surface area contributed by atoms with Crippen LogP contribution in [-0.2, 0) is 31.9 Å². The Hall–Kier alpha value is -3.16. The molecule has 0 aliphatic heterocycles. The number of benzene rings is 1. The summed E-state index contributed by atoms with van der Waals surface area (Å²) in [4.78, 5) is 41.1. The van der Waals surface area contributed by atoms with Gasteiger partial charge in [-0.3, -0.25) is 18.7 Å². The number of amides is 1. The quantitative estimate of drug-likeness (QED) is 0.730. The lowest BCUT2D eigenvalue weighted by molar-refractivity contribution is -0.122. The summed E-state index contributed by atoms with van der Waals surface area (Å²) in [5, 5.41) is 3.03. The normalized spacial score (nSPS) is 16.0. The van der Waals surface area contributed by atoms with Crippen LogP contribution in [0.4, 0.5) is 0 Å². The van der Waals surface area contributed by atoms with E-state index in [1.807, 2.05) is 18.2 Å². The van der Waals surface area contributed by atoms with Crippen molar-refractivity contribution in [2.75, 3.05) is 0 Å². The third-order valence-electron chi connectivity index (χ3n) is 5.00. The Morgan fingerprint density at radius 1 is 1.23 bits per heavy atom. The molecule has 8 heteroatoms. The average molecular weight is 353 g/mol. The lowest BCUT2D eigenvalue weighted by Gasteiger charge is -2.14. The van der Waals surface area contributed by atoms with Crippen molar-refractivity contribution in [2.45, 2.75) is 25.4 Å². The molecule has 0 saturated carbocycles. The molecule has 4 rings (SSSR count).